The van der Waals surface area contributed by atoms with Crippen LogP contribution >= 0.6 is 0 Å². The van der Waals surface area contributed by atoms with Crippen LogP contribution in [-0.2, 0) is 44.1 Å². The zero-order chi connectivity index (χ0) is 16.8. The van der Waals surface area contributed by atoms with Crippen LogP contribution in [0, 0.1) is 0 Å². The number of Topliss-reactive ketones (excluding diaryl/α,β-unsaturated/α-hetero) is 1. The van der Waals surface area contributed by atoms with E-state index in [1.165, 1.54) is 6.92 Å². The largest absolute Gasteiger partial charge is 0.640 e. The minimum absolute atomic E-state index is 0.235. The molecule has 0 aliphatic carbocycles. The van der Waals surface area contributed by atoms with Crippen LogP contribution < -0.4 is 0 Å². The van der Waals surface area contributed by atoms with Gasteiger partial charge in [0.25, 0.3) is 10.1 Å². The Labute approximate surface area is 130 Å². The third kappa shape index (κ3) is 7.74. The predicted molar refractivity (Wildman–Crippen MR) is 74.6 cm³/mol. The molecule has 0 aromatic heterocycles. The highest BCUT2D eigenvalue weighted by Gasteiger charge is 2.36. The Hall–Kier alpha value is -0.405. The molecule has 1 fully saturated rings. The number of carbonyl (C=O) groups is 1. The van der Waals surface area contributed by atoms with Crippen molar-refractivity contribution in [2.45, 2.75) is 19.1 Å². The van der Waals surface area contributed by atoms with Gasteiger partial charge in [-0.3, -0.25) is 8.98 Å². The molecule has 22 heavy (non-hydrogen) atoms. The molecule has 1 rings (SSSR count). The maximum Gasteiger partial charge on any atom is 0.640 e. The van der Waals surface area contributed by atoms with Gasteiger partial charge in [0.2, 0.25) is 0 Å². The van der Waals surface area contributed by atoms with Gasteiger partial charge < -0.3 is 23.6 Å². The highest BCUT2D eigenvalue weighted by Crippen LogP contribution is 2.14. The van der Waals surface area contributed by atoms with Gasteiger partial charge in [0.05, 0.1) is 37.8 Å². The summed E-state index contributed by atoms with van der Waals surface area (Å²) in [7, 11) is -5.15. The van der Waals surface area contributed by atoms with Gasteiger partial charge >= 0.3 is 7.32 Å². The molecule has 0 spiro atoms. The molecule has 1 aliphatic heterocycles. The summed E-state index contributed by atoms with van der Waals surface area (Å²) in [5, 5.41) is 9.08. The molecule has 2 N–H and O–H groups in total. The molecule has 1 saturated heterocycles. The van der Waals surface area contributed by atoms with Crippen LogP contribution in [0.3, 0.4) is 0 Å². The predicted octanol–water partition coefficient (Wildman–Crippen LogP) is -2.08. The number of aliphatic hydroxyl groups is 1. The summed E-state index contributed by atoms with van der Waals surface area (Å²) >= 11 is -2.22. The molecule has 1 aliphatic rings. The zero-order valence-corrected chi connectivity index (χ0v) is 13.4. The van der Waals surface area contributed by atoms with Gasteiger partial charge in [-0.05, 0) is 6.92 Å². The molecule has 128 valence electrons. The standard InChI is InChI=1S/C9H17BO10S2/c1-7(12)3-17-10(19-8(2-11)5-21(13)14)20-9-4-18-22(15,16)6-9/h8-9,11H,2-6H2,1H3,(H,13,14). The first-order valence-electron chi connectivity index (χ1n) is 6.19. The van der Waals surface area contributed by atoms with E-state index < -0.39 is 58.8 Å². The quantitative estimate of drug-likeness (QED) is 0.253. The summed E-state index contributed by atoms with van der Waals surface area (Å²) in [6.45, 7) is 0.0638. The van der Waals surface area contributed by atoms with E-state index in [1.807, 2.05) is 0 Å². The Bertz CT molecular complexity index is 495. The lowest BCUT2D eigenvalue weighted by Crippen LogP contribution is -2.40. The van der Waals surface area contributed by atoms with Gasteiger partial charge in [0, 0.05) is 0 Å². The van der Waals surface area contributed by atoms with Crippen LogP contribution in [0.1, 0.15) is 6.92 Å². The number of hydrogen-bond donors (Lipinski definition) is 2. The monoisotopic (exact) mass is 360 g/mol. The highest BCUT2D eigenvalue weighted by atomic mass is 32.2. The van der Waals surface area contributed by atoms with Crippen LogP contribution in [0.4, 0.5) is 0 Å². The van der Waals surface area contributed by atoms with Crippen molar-refractivity contribution in [2.75, 3.05) is 31.3 Å². The second kappa shape index (κ2) is 9.03. The second-order valence-electron chi connectivity index (χ2n) is 4.50. The van der Waals surface area contributed by atoms with Crippen molar-refractivity contribution < 1.29 is 45.2 Å². The molecule has 0 aromatic rings. The fourth-order valence-corrected chi connectivity index (χ4v) is 3.07. The molecule has 0 saturated carbocycles. The van der Waals surface area contributed by atoms with Gasteiger partial charge in [0.1, 0.15) is 5.75 Å². The maximum atomic E-state index is 11.2. The lowest BCUT2D eigenvalue weighted by Gasteiger charge is -2.21. The van der Waals surface area contributed by atoms with E-state index in [2.05, 4.69) is 4.18 Å². The molecule has 0 amide bonds. The number of aliphatic hydroxyl groups excluding tert-OH is 1. The second-order valence-corrected chi connectivity index (χ2v) is 7.16. The summed E-state index contributed by atoms with van der Waals surface area (Å²) in [4.78, 5) is 10.9. The van der Waals surface area contributed by atoms with E-state index in [0.29, 0.717) is 0 Å². The van der Waals surface area contributed by atoms with Gasteiger partial charge in [-0.25, -0.2) is 4.21 Å². The first kappa shape index (κ1) is 19.6. The molecule has 0 radical (unpaired) electrons. The number of carbonyl (C=O) groups excluding carboxylic acids is 1. The van der Waals surface area contributed by atoms with E-state index in [0.717, 1.165) is 0 Å². The Morgan fingerprint density at radius 1 is 1.55 bits per heavy atom. The summed E-state index contributed by atoms with van der Waals surface area (Å²) in [6.07, 6.45) is -1.96. The molecule has 0 bridgehead atoms. The summed E-state index contributed by atoms with van der Waals surface area (Å²) in [6, 6.07) is 0. The van der Waals surface area contributed by atoms with Crippen LogP contribution in [0.25, 0.3) is 0 Å². The van der Waals surface area contributed by atoms with Crippen LogP contribution in [0.15, 0.2) is 0 Å². The maximum absolute atomic E-state index is 11.2. The molecule has 3 atom stereocenters. The molecule has 3 unspecified atom stereocenters. The molecular formula is C9H17BO10S2. The Morgan fingerprint density at radius 3 is 2.68 bits per heavy atom. The van der Waals surface area contributed by atoms with Crippen molar-refractivity contribution in [3.8, 4) is 0 Å². The Balaban J connectivity index is 2.62. The molecule has 1 heterocycles. The normalized spacial score (nSPS) is 23.1. The number of ketones is 1. The fraction of sp³-hybridized carbons (Fsp3) is 0.889. The van der Waals surface area contributed by atoms with Crippen molar-refractivity contribution in [3.63, 3.8) is 0 Å². The van der Waals surface area contributed by atoms with E-state index in [9.17, 15) is 17.4 Å². The average Bonchev–Trinajstić information content (AvgIpc) is 2.73. The Morgan fingerprint density at radius 2 is 2.23 bits per heavy atom. The third-order valence-electron chi connectivity index (χ3n) is 2.39. The van der Waals surface area contributed by atoms with Crippen molar-refractivity contribution >= 4 is 34.3 Å². The molecule has 13 heteroatoms. The third-order valence-corrected chi connectivity index (χ3v) is 4.32. The lowest BCUT2D eigenvalue weighted by molar-refractivity contribution is -0.120. The summed E-state index contributed by atoms with van der Waals surface area (Å²) < 4.78 is 61.7. The summed E-state index contributed by atoms with van der Waals surface area (Å²) in [5.74, 6) is -1.15. The average molecular weight is 360 g/mol. The minimum atomic E-state index is -3.67. The zero-order valence-electron chi connectivity index (χ0n) is 11.7. The number of rotatable bonds is 10. The van der Waals surface area contributed by atoms with E-state index in [1.54, 1.807) is 0 Å². The minimum Gasteiger partial charge on any atom is -0.394 e. The van der Waals surface area contributed by atoms with Crippen molar-refractivity contribution in [2.24, 2.45) is 0 Å². The van der Waals surface area contributed by atoms with E-state index in [-0.39, 0.29) is 19.0 Å². The number of hydrogen-bond acceptors (Lipinski definition) is 9. The molecular weight excluding hydrogens is 343 g/mol. The smallest absolute Gasteiger partial charge is 0.394 e. The first-order chi connectivity index (χ1) is 10.2. The van der Waals surface area contributed by atoms with Crippen LogP contribution in [0.5, 0.6) is 0 Å². The van der Waals surface area contributed by atoms with Gasteiger partial charge in [-0.1, -0.05) is 0 Å². The lowest BCUT2D eigenvalue weighted by atomic mass is 10.2. The molecule has 0 aromatic carbocycles. The SMILES string of the molecule is CC(=O)COB(OC(CO)CS(=O)O)OC1COS(=O)(=O)C1. The molecule has 10 nitrogen and oxygen atoms in total. The first-order valence-corrected chi connectivity index (χ1v) is 9.04. The topological polar surface area (TPSA) is 146 Å². The van der Waals surface area contributed by atoms with E-state index >= 15 is 0 Å². The highest BCUT2D eigenvalue weighted by molar-refractivity contribution is 7.87. The summed E-state index contributed by atoms with van der Waals surface area (Å²) in [5.41, 5.74) is 0. The van der Waals surface area contributed by atoms with E-state index in [4.69, 9.17) is 23.6 Å². The van der Waals surface area contributed by atoms with Gasteiger partial charge in [0.15, 0.2) is 16.9 Å². The fourth-order valence-electron chi connectivity index (χ4n) is 1.49. The van der Waals surface area contributed by atoms with Crippen molar-refractivity contribution in [3.05, 3.63) is 0 Å². The van der Waals surface area contributed by atoms with Crippen LogP contribution in [0.2, 0.25) is 0 Å². The van der Waals surface area contributed by atoms with Crippen molar-refractivity contribution in [1.82, 2.24) is 0 Å². The van der Waals surface area contributed by atoms with Gasteiger partial charge in [-0.15, -0.1) is 0 Å². The van der Waals surface area contributed by atoms with Crippen LogP contribution in [-0.4, -0.2) is 78.9 Å². The van der Waals surface area contributed by atoms with Gasteiger partial charge in [-0.2, -0.15) is 8.42 Å². The Kier molecular flexibility index (Phi) is 8.06. The van der Waals surface area contributed by atoms with Crippen molar-refractivity contribution in [1.29, 1.82) is 0 Å².